The Kier molecular flexibility index (Phi) is 64.7. The third-order valence-corrected chi connectivity index (χ3v) is 15.2. The number of unbranched alkanes of at least 4 members (excludes halogenated alkanes) is 40. The van der Waals surface area contributed by atoms with E-state index in [2.05, 4.69) is 93.7 Å². The Morgan fingerprint density at radius 2 is 0.506 bits per heavy atom. The summed E-state index contributed by atoms with van der Waals surface area (Å²) in [6.45, 7) is 6.53. The van der Waals surface area contributed by atoms with E-state index < -0.39 is 6.10 Å². The van der Waals surface area contributed by atoms with E-state index in [1.54, 1.807) is 0 Å². The summed E-state index contributed by atoms with van der Waals surface area (Å²) in [5.74, 6) is -0.869. The van der Waals surface area contributed by atoms with Crippen molar-refractivity contribution in [2.75, 3.05) is 13.2 Å². The number of hydrogen-bond acceptors (Lipinski definition) is 6. The van der Waals surface area contributed by atoms with Gasteiger partial charge in [-0.15, -0.1) is 0 Å². The summed E-state index contributed by atoms with van der Waals surface area (Å²) < 4.78 is 16.9. The van der Waals surface area contributed by atoms with E-state index >= 15 is 0 Å². The first kappa shape index (κ1) is 75.8. The fraction of sp³-hybridized carbons (Fsp3) is 0.795. The van der Waals surface area contributed by atoms with Crippen molar-refractivity contribution in [2.45, 2.75) is 361 Å². The minimum absolute atomic E-state index is 0.0753. The van der Waals surface area contributed by atoms with Gasteiger partial charge in [0.25, 0.3) is 0 Å². The smallest absolute Gasteiger partial charge is 0.306 e. The molecule has 0 aliphatic rings. The highest BCUT2D eigenvalue weighted by atomic mass is 16.6. The molecule has 0 aromatic rings. The quantitative estimate of drug-likeness (QED) is 0.0261. The maximum absolute atomic E-state index is 12.9. The third kappa shape index (κ3) is 65.5. The van der Waals surface area contributed by atoms with Gasteiger partial charge in [0.15, 0.2) is 6.10 Å². The molecule has 6 nitrogen and oxygen atoms in total. The highest BCUT2D eigenvalue weighted by Gasteiger charge is 2.19. The average molecular weight is 1100 g/mol. The molecular weight excluding hydrogens is 973 g/mol. The van der Waals surface area contributed by atoms with Crippen LogP contribution in [-0.2, 0) is 28.6 Å². The zero-order chi connectivity index (χ0) is 57.1. The monoisotopic (exact) mass is 1100 g/mol. The number of carbonyl (C=O) groups excluding carboxylic acids is 3. The molecule has 0 N–H and O–H groups in total. The summed E-state index contributed by atoms with van der Waals surface area (Å²) >= 11 is 0. The molecule has 0 rings (SSSR count). The summed E-state index contributed by atoms with van der Waals surface area (Å²) in [5, 5.41) is 0. The van der Waals surface area contributed by atoms with Gasteiger partial charge in [-0.3, -0.25) is 14.4 Å². The van der Waals surface area contributed by atoms with Gasteiger partial charge >= 0.3 is 17.9 Å². The molecule has 0 heterocycles. The Balaban J connectivity index is 4.18. The summed E-state index contributed by atoms with van der Waals surface area (Å²) in [6, 6.07) is 0. The van der Waals surface area contributed by atoms with Crippen LogP contribution in [0.4, 0.5) is 0 Å². The van der Waals surface area contributed by atoms with Crippen molar-refractivity contribution in [3.05, 3.63) is 72.9 Å². The number of esters is 3. The Labute approximate surface area is 491 Å². The number of hydrogen-bond donors (Lipinski definition) is 0. The normalized spacial score (nSPS) is 12.5. The number of allylic oxidation sites excluding steroid dienone is 12. The van der Waals surface area contributed by atoms with Gasteiger partial charge < -0.3 is 14.2 Å². The van der Waals surface area contributed by atoms with Crippen LogP contribution in [-0.4, -0.2) is 37.2 Å². The lowest BCUT2D eigenvalue weighted by Crippen LogP contribution is -2.30. The van der Waals surface area contributed by atoms with Crippen LogP contribution in [0.25, 0.3) is 0 Å². The molecule has 0 aliphatic carbocycles. The first-order chi connectivity index (χ1) is 39.0. The molecule has 0 saturated carbocycles. The van der Waals surface area contributed by atoms with E-state index in [0.717, 1.165) is 89.9 Å². The second-order valence-electron chi connectivity index (χ2n) is 23.1. The summed E-state index contributed by atoms with van der Waals surface area (Å²) in [6.07, 6.45) is 87.9. The molecule has 0 radical (unpaired) electrons. The van der Waals surface area contributed by atoms with Crippen molar-refractivity contribution >= 4 is 17.9 Å². The molecule has 0 amide bonds. The highest BCUT2D eigenvalue weighted by Crippen LogP contribution is 2.17. The lowest BCUT2D eigenvalue weighted by atomic mass is 10.0. The number of carbonyl (C=O) groups is 3. The van der Waals surface area contributed by atoms with E-state index in [0.29, 0.717) is 19.3 Å². The predicted octanol–water partition coefficient (Wildman–Crippen LogP) is 23.7. The predicted molar refractivity (Wildman–Crippen MR) is 344 cm³/mol. The molecule has 0 spiro atoms. The van der Waals surface area contributed by atoms with E-state index in [1.807, 2.05) is 0 Å². The summed E-state index contributed by atoms with van der Waals surface area (Å²) in [4.78, 5) is 38.3. The van der Waals surface area contributed by atoms with Crippen LogP contribution in [0.2, 0.25) is 0 Å². The van der Waals surface area contributed by atoms with Gasteiger partial charge in [-0.1, -0.05) is 306 Å². The molecule has 79 heavy (non-hydrogen) atoms. The van der Waals surface area contributed by atoms with Gasteiger partial charge in [0, 0.05) is 19.3 Å². The van der Waals surface area contributed by atoms with Gasteiger partial charge in [0.05, 0.1) is 0 Å². The molecule has 6 heteroatoms. The highest BCUT2D eigenvalue weighted by molar-refractivity contribution is 5.71. The van der Waals surface area contributed by atoms with Gasteiger partial charge in [-0.05, 0) is 103 Å². The van der Waals surface area contributed by atoms with Crippen molar-refractivity contribution in [2.24, 2.45) is 0 Å². The van der Waals surface area contributed by atoms with E-state index in [4.69, 9.17) is 14.2 Å². The maximum atomic E-state index is 12.9. The third-order valence-electron chi connectivity index (χ3n) is 15.2. The van der Waals surface area contributed by atoms with Crippen LogP contribution in [0.15, 0.2) is 72.9 Å². The molecular formula is C73H130O6. The Morgan fingerprint density at radius 1 is 0.266 bits per heavy atom. The summed E-state index contributed by atoms with van der Waals surface area (Å²) in [7, 11) is 0. The lowest BCUT2D eigenvalue weighted by Gasteiger charge is -2.18. The Hall–Kier alpha value is -3.15. The van der Waals surface area contributed by atoms with Crippen LogP contribution in [0.3, 0.4) is 0 Å². The van der Waals surface area contributed by atoms with Crippen molar-refractivity contribution in [3.8, 4) is 0 Å². The van der Waals surface area contributed by atoms with Crippen LogP contribution < -0.4 is 0 Å². The SMILES string of the molecule is CC/C=C\C/C=C\C/C=C\C/C=C\CCCCCCCCCCCCCCCCCCC(=O)OCC(COC(=O)CCCCCCC/C=C\CCCC)OC(=O)CCCCCCCCCCC/C=C\CCCCCCCCCC. The fourth-order valence-corrected chi connectivity index (χ4v) is 10.0. The molecule has 0 fully saturated rings. The number of rotatable bonds is 63. The van der Waals surface area contributed by atoms with Gasteiger partial charge in [-0.25, -0.2) is 0 Å². The molecule has 1 unspecified atom stereocenters. The topological polar surface area (TPSA) is 78.9 Å². The standard InChI is InChI=1S/C73H130O6/c1-4-7-10-13-16-19-22-24-26-28-30-32-33-34-35-36-37-38-39-41-42-44-46-48-51-54-57-60-63-66-72(75)78-69-70(68-77-71(74)65-62-59-56-53-50-21-18-15-12-9-6-3)79-73(76)67-64-61-58-55-52-49-47-45-43-40-31-29-27-25-23-20-17-14-11-8-5-2/h7,10,15-16,18-19,24,26,29-32,70H,4-6,8-9,11-14,17,20-23,25,27-28,33-69H2,1-3H3/b10-7-,18-15-,19-16-,26-24-,31-29-,32-30-. The average Bonchev–Trinajstić information content (AvgIpc) is 3.45. The zero-order valence-corrected chi connectivity index (χ0v) is 52.6. The molecule has 1 atom stereocenters. The number of ether oxygens (including phenoxy) is 3. The van der Waals surface area contributed by atoms with Crippen molar-refractivity contribution in [3.63, 3.8) is 0 Å². The van der Waals surface area contributed by atoms with Crippen LogP contribution in [0, 0.1) is 0 Å². The van der Waals surface area contributed by atoms with Gasteiger partial charge in [0.1, 0.15) is 13.2 Å². The van der Waals surface area contributed by atoms with E-state index in [9.17, 15) is 14.4 Å². The molecule has 0 aromatic heterocycles. The van der Waals surface area contributed by atoms with Crippen molar-refractivity contribution < 1.29 is 28.6 Å². The Morgan fingerprint density at radius 3 is 0.823 bits per heavy atom. The molecule has 0 saturated heterocycles. The first-order valence-electron chi connectivity index (χ1n) is 34.4. The van der Waals surface area contributed by atoms with Crippen LogP contribution in [0.5, 0.6) is 0 Å². The summed E-state index contributed by atoms with van der Waals surface area (Å²) in [5.41, 5.74) is 0. The Bertz CT molecular complexity index is 1450. The van der Waals surface area contributed by atoms with Gasteiger partial charge in [-0.2, -0.15) is 0 Å². The second kappa shape index (κ2) is 67.4. The fourth-order valence-electron chi connectivity index (χ4n) is 10.0. The van der Waals surface area contributed by atoms with E-state index in [-0.39, 0.29) is 31.1 Å². The second-order valence-corrected chi connectivity index (χ2v) is 23.1. The van der Waals surface area contributed by atoms with Crippen molar-refractivity contribution in [1.82, 2.24) is 0 Å². The molecule has 458 valence electrons. The van der Waals surface area contributed by atoms with Crippen LogP contribution in [0.1, 0.15) is 355 Å². The van der Waals surface area contributed by atoms with Gasteiger partial charge in [0.2, 0.25) is 0 Å². The minimum atomic E-state index is -0.779. The first-order valence-corrected chi connectivity index (χ1v) is 34.4. The zero-order valence-electron chi connectivity index (χ0n) is 52.6. The van der Waals surface area contributed by atoms with Crippen LogP contribution >= 0.6 is 0 Å². The maximum Gasteiger partial charge on any atom is 0.306 e. The van der Waals surface area contributed by atoms with E-state index in [1.165, 1.54) is 225 Å². The largest absolute Gasteiger partial charge is 0.462 e. The van der Waals surface area contributed by atoms with Crippen molar-refractivity contribution in [1.29, 1.82) is 0 Å². The molecule has 0 aromatic carbocycles. The molecule has 0 aliphatic heterocycles. The lowest BCUT2D eigenvalue weighted by molar-refractivity contribution is -0.167. The minimum Gasteiger partial charge on any atom is -0.462 e. The molecule has 0 bridgehead atoms.